The Kier molecular flexibility index (Phi) is 7.01. The van der Waals surface area contributed by atoms with Gasteiger partial charge in [0.2, 0.25) is 5.91 Å². The topological polar surface area (TPSA) is 130 Å². The first-order valence-electron chi connectivity index (χ1n) is 9.34. The monoisotopic (exact) mass is 450 g/mol. The van der Waals surface area contributed by atoms with Crippen molar-refractivity contribution in [3.05, 3.63) is 105 Å². The van der Waals surface area contributed by atoms with Gasteiger partial charge in [-0.1, -0.05) is 30.3 Å². The average Bonchev–Trinajstić information content (AvgIpc) is 2.81. The number of rotatable bonds is 8. The minimum Gasteiger partial charge on any atom is -0.457 e. The number of ether oxygens (including phenoxy) is 1. The number of thioether (sulfide) groups is 1. The van der Waals surface area contributed by atoms with E-state index < -0.39 is 22.6 Å². The zero-order chi connectivity index (χ0) is 23.3. The summed E-state index contributed by atoms with van der Waals surface area (Å²) in [5.74, 6) is -1.88. The molecule has 0 fully saturated rings. The summed E-state index contributed by atoms with van der Waals surface area (Å²) >= 11 is 1.20. The van der Waals surface area contributed by atoms with Crippen LogP contribution in [-0.2, 0) is 11.3 Å². The molecule has 0 heterocycles. The lowest BCUT2D eigenvalue weighted by molar-refractivity contribution is -0.387. The van der Waals surface area contributed by atoms with Crippen molar-refractivity contribution in [2.75, 3.05) is 6.26 Å². The third-order valence-electron chi connectivity index (χ3n) is 4.61. The van der Waals surface area contributed by atoms with E-state index in [0.717, 1.165) is 0 Å². The lowest BCUT2D eigenvalue weighted by Gasteiger charge is -2.10. The molecule has 32 heavy (non-hydrogen) atoms. The molecule has 0 aliphatic heterocycles. The number of nitro benzene ring substituents is 1. The quantitative estimate of drug-likeness (QED) is 0.180. The van der Waals surface area contributed by atoms with Gasteiger partial charge in [-0.2, -0.15) is 0 Å². The molecule has 0 radical (unpaired) electrons. The van der Waals surface area contributed by atoms with Gasteiger partial charge in [0, 0.05) is 22.8 Å². The second-order valence-electron chi connectivity index (χ2n) is 6.66. The number of hydrogen-bond acceptors (Lipinski definition) is 7. The molecule has 9 heteroatoms. The number of nitrogens with zero attached hydrogens (tertiary/aromatic N) is 1. The van der Waals surface area contributed by atoms with E-state index >= 15 is 0 Å². The Morgan fingerprint density at radius 1 is 0.969 bits per heavy atom. The van der Waals surface area contributed by atoms with Gasteiger partial charge in [-0.05, 0) is 42.2 Å². The van der Waals surface area contributed by atoms with Crippen molar-refractivity contribution < 1.29 is 24.0 Å². The second kappa shape index (κ2) is 9.88. The third-order valence-corrected chi connectivity index (χ3v) is 5.40. The van der Waals surface area contributed by atoms with Gasteiger partial charge in [-0.25, -0.2) is 4.79 Å². The molecule has 3 aromatic carbocycles. The largest absolute Gasteiger partial charge is 0.457 e. The fourth-order valence-electron chi connectivity index (χ4n) is 3.03. The molecule has 0 aliphatic carbocycles. The molecule has 8 nitrogen and oxygen atoms in total. The van der Waals surface area contributed by atoms with Crippen LogP contribution in [0.25, 0.3) is 0 Å². The number of ketones is 1. The van der Waals surface area contributed by atoms with Gasteiger partial charge in [0.25, 0.3) is 5.69 Å². The second-order valence-corrected chi connectivity index (χ2v) is 7.51. The van der Waals surface area contributed by atoms with E-state index in [1.807, 2.05) is 0 Å². The Hall–Kier alpha value is -3.98. The van der Waals surface area contributed by atoms with Gasteiger partial charge >= 0.3 is 5.97 Å². The molecular formula is C23H18N2O6S. The molecule has 0 spiro atoms. The van der Waals surface area contributed by atoms with Crippen LogP contribution in [0.3, 0.4) is 0 Å². The molecule has 162 valence electrons. The molecule has 0 aliphatic rings. The summed E-state index contributed by atoms with van der Waals surface area (Å²) in [7, 11) is 0. The summed E-state index contributed by atoms with van der Waals surface area (Å²) < 4.78 is 5.32. The van der Waals surface area contributed by atoms with Crippen molar-refractivity contribution in [3.8, 4) is 0 Å². The van der Waals surface area contributed by atoms with E-state index in [4.69, 9.17) is 10.5 Å². The molecule has 0 aromatic heterocycles. The van der Waals surface area contributed by atoms with Crippen LogP contribution >= 0.6 is 11.8 Å². The summed E-state index contributed by atoms with van der Waals surface area (Å²) in [5.41, 5.74) is 6.09. The Morgan fingerprint density at radius 3 is 2.34 bits per heavy atom. The van der Waals surface area contributed by atoms with Crippen LogP contribution in [0.5, 0.6) is 0 Å². The predicted molar refractivity (Wildman–Crippen MR) is 119 cm³/mol. The van der Waals surface area contributed by atoms with Gasteiger partial charge in [0.05, 0.1) is 15.4 Å². The zero-order valence-corrected chi connectivity index (χ0v) is 17.8. The maximum absolute atomic E-state index is 13.1. The fourth-order valence-corrected chi connectivity index (χ4v) is 3.58. The summed E-state index contributed by atoms with van der Waals surface area (Å²) in [6, 6.07) is 16.6. The van der Waals surface area contributed by atoms with Crippen LogP contribution < -0.4 is 5.73 Å². The van der Waals surface area contributed by atoms with Crippen molar-refractivity contribution in [2.45, 2.75) is 11.5 Å². The van der Waals surface area contributed by atoms with Crippen molar-refractivity contribution in [1.29, 1.82) is 0 Å². The molecule has 0 saturated carbocycles. The highest BCUT2D eigenvalue weighted by atomic mass is 32.2. The molecular weight excluding hydrogens is 432 g/mol. The Labute approximate surface area is 187 Å². The summed E-state index contributed by atoms with van der Waals surface area (Å²) in [6.45, 7) is -0.129. The molecule has 3 aromatic rings. The highest BCUT2D eigenvalue weighted by Crippen LogP contribution is 2.29. The Morgan fingerprint density at radius 2 is 1.69 bits per heavy atom. The molecule has 0 atom stereocenters. The number of carbonyl (C=O) groups is 3. The van der Waals surface area contributed by atoms with Crippen molar-refractivity contribution in [3.63, 3.8) is 0 Å². The Bertz CT molecular complexity index is 1220. The SMILES string of the molecule is CSc1ccc(C(=O)c2ccccc2C(=O)OCc2cccc(C(N)=O)c2)cc1[N+](=O)[O-]. The summed E-state index contributed by atoms with van der Waals surface area (Å²) in [4.78, 5) is 48.3. The maximum Gasteiger partial charge on any atom is 0.339 e. The smallest absolute Gasteiger partial charge is 0.339 e. The van der Waals surface area contributed by atoms with Crippen LogP contribution in [0, 0.1) is 10.1 Å². The predicted octanol–water partition coefficient (Wildman–Crippen LogP) is 4.00. The number of primary amides is 1. The minimum atomic E-state index is -0.742. The van der Waals surface area contributed by atoms with Crippen molar-refractivity contribution in [1.82, 2.24) is 0 Å². The number of nitro groups is 1. The number of benzene rings is 3. The molecule has 0 saturated heterocycles. The van der Waals surface area contributed by atoms with E-state index in [1.54, 1.807) is 36.6 Å². The van der Waals surface area contributed by atoms with E-state index in [9.17, 15) is 24.5 Å². The first-order valence-corrected chi connectivity index (χ1v) is 10.6. The number of hydrogen-bond donors (Lipinski definition) is 1. The average molecular weight is 450 g/mol. The van der Waals surface area contributed by atoms with Crippen molar-refractivity contribution >= 4 is 35.1 Å². The number of carbonyl (C=O) groups excluding carboxylic acids is 3. The Balaban J connectivity index is 1.85. The van der Waals surface area contributed by atoms with E-state index in [2.05, 4.69) is 0 Å². The summed E-state index contributed by atoms with van der Waals surface area (Å²) in [5, 5.41) is 11.3. The van der Waals surface area contributed by atoms with Crippen LogP contribution in [-0.4, -0.2) is 28.8 Å². The molecule has 0 unspecified atom stereocenters. The number of amides is 1. The number of esters is 1. The lowest BCUT2D eigenvalue weighted by Crippen LogP contribution is -2.14. The summed E-state index contributed by atoms with van der Waals surface area (Å²) in [6.07, 6.45) is 1.70. The molecule has 1 amide bonds. The van der Waals surface area contributed by atoms with Gasteiger partial charge in [-0.15, -0.1) is 11.8 Å². The van der Waals surface area contributed by atoms with E-state index in [-0.39, 0.29) is 34.5 Å². The standard InChI is InChI=1S/C23H18N2O6S/c1-32-20-10-9-15(12-19(20)25(29)30)21(26)17-7-2-3-8-18(17)23(28)31-13-14-5-4-6-16(11-14)22(24)27/h2-12H,13H2,1H3,(H2,24,27). The van der Waals surface area contributed by atoms with Crippen LogP contribution in [0.1, 0.15) is 42.2 Å². The first kappa shape index (κ1) is 22.7. The highest BCUT2D eigenvalue weighted by Gasteiger charge is 2.22. The van der Waals surface area contributed by atoms with Gasteiger partial charge in [0.1, 0.15) is 6.61 Å². The zero-order valence-electron chi connectivity index (χ0n) is 16.9. The fraction of sp³-hybridized carbons (Fsp3) is 0.0870. The lowest BCUT2D eigenvalue weighted by atomic mass is 9.98. The number of nitrogens with two attached hydrogens (primary N) is 1. The third kappa shape index (κ3) is 5.01. The van der Waals surface area contributed by atoms with E-state index in [0.29, 0.717) is 10.5 Å². The van der Waals surface area contributed by atoms with Gasteiger partial charge in [-0.3, -0.25) is 19.7 Å². The molecule has 3 rings (SSSR count). The maximum atomic E-state index is 13.1. The molecule has 0 bridgehead atoms. The highest BCUT2D eigenvalue weighted by molar-refractivity contribution is 7.98. The van der Waals surface area contributed by atoms with Crippen LogP contribution in [0.4, 0.5) is 5.69 Å². The van der Waals surface area contributed by atoms with Crippen LogP contribution in [0.2, 0.25) is 0 Å². The van der Waals surface area contributed by atoms with Gasteiger partial charge < -0.3 is 10.5 Å². The van der Waals surface area contributed by atoms with E-state index in [1.165, 1.54) is 48.2 Å². The molecule has 2 N–H and O–H groups in total. The van der Waals surface area contributed by atoms with Crippen molar-refractivity contribution in [2.24, 2.45) is 5.73 Å². The van der Waals surface area contributed by atoms with Crippen LogP contribution in [0.15, 0.2) is 71.6 Å². The first-order chi connectivity index (χ1) is 15.3. The van der Waals surface area contributed by atoms with Gasteiger partial charge in [0.15, 0.2) is 5.78 Å². The normalized spacial score (nSPS) is 10.4. The minimum absolute atomic E-state index is 0.0279.